The molecule has 1 aliphatic rings. The first-order valence-electron chi connectivity index (χ1n) is 6.55. The van der Waals surface area contributed by atoms with Crippen LogP contribution in [-0.2, 0) is 14.1 Å². The van der Waals surface area contributed by atoms with Gasteiger partial charge in [0.05, 0.1) is 17.6 Å². The van der Waals surface area contributed by atoms with E-state index < -0.39 is 30.1 Å². The highest BCUT2D eigenvalue weighted by Crippen LogP contribution is 2.41. The van der Waals surface area contributed by atoms with Crippen LogP contribution in [0.25, 0.3) is 0 Å². The van der Waals surface area contributed by atoms with Crippen molar-refractivity contribution < 1.29 is 19.2 Å². The van der Waals surface area contributed by atoms with Crippen LogP contribution in [0.1, 0.15) is 45.5 Å². The van der Waals surface area contributed by atoms with E-state index in [0.29, 0.717) is 5.56 Å². The first-order chi connectivity index (χ1) is 9.23. The standard InChI is InChI=1S/C13H19BN2O4/c1-12(2)13(3,4)20-14(19-12)10(5-11(17)18)9-6-15-8-16-7-9/h6-8,10H,5H2,1-4H3,(H,17,18). The van der Waals surface area contributed by atoms with Crippen LogP contribution in [0.5, 0.6) is 0 Å². The summed E-state index contributed by atoms with van der Waals surface area (Å²) in [7, 11) is -0.623. The molecule has 1 aliphatic heterocycles. The Balaban J connectivity index is 2.28. The molecule has 20 heavy (non-hydrogen) atoms. The maximum atomic E-state index is 11.1. The first-order valence-corrected chi connectivity index (χ1v) is 6.55. The molecule has 0 spiro atoms. The summed E-state index contributed by atoms with van der Waals surface area (Å²) in [5.74, 6) is -1.34. The van der Waals surface area contributed by atoms with Gasteiger partial charge in [-0.3, -0.25) is 4.79 Å². The zero-order chi connectivity index (χ0) is 15.0. The number of carboxylic acids is 1. The lowest BCUT2D eigenvalue weighted by Gasteiger charge is -2.32. The molecule has 1 N–H and O–H groups in total. The molecule has 0 radical (unpaired) electrons. The molecule has 1 atom stereocenters. The second-order valence-electron chi connectivity index (χ2n) is 6.00. The molecule has 2 rings (SSSR count). The third kappa shape index (κ3) is 2.83. The van der Waals surface area contributed by atoms with Crippen LogP contribution in [0.4, 0.5) is 0 Å². The predicted octanol–water partition coefficient (Wildman–Crippen LogP) is 1.67. The first kappa shape index (κ1) is 14.9. The number of rotatable bonds is 4. The minimum atomic E-state index is -0.909. The third-order valence-electron chi connectivity index (χ3n) is 4.00. The number of hydrogen-bond donors (Lipinski definition) is 1. The molecule has 7 heteroatoms. The molecule has 0 saturated carbocycles. The van der Waals surface area contributed by atoms with E-state index in [4.69, 9.17) is 14.4 Å². The summed E-state index contributed by atoms with van der Waals surface area (Å²) in [5, 5.41) is 9.11. The molecule has 2 heterocycles. The summed E-state index contributed by atoms with van der Waals surface area (Å²) >= 11 is 0. The van der Waals surface area contributed by atoms with Gasteiger partial charge in [-0.1, -0.05) is 0 Å². The maximum absolute atomic E-state index is 11.1. The summed E-state index contributed by atoms with van der Waals surface area (Å²) < 4.78 is 11.9. The normalized spacial score (nSPS) is 21.7. The molecule has 1 aromatic heterocycles. The van der Waals surface area contributed by atoms with Crippen molar-refractivity contribution >= 4 is 13.1 Å². The molecule has 0 amide bonds. The van der Waals surface area contributed by atoms with Crippen LogP contribution in [0.2, 0.25) is 0 Å². The van der Waals surface area contributed by atoms with Crippen molar-refractivity contribution in [1.82, 2.24) is 9.97 Å². The van der Waals surface area contributed by atoms with Gasteiger partial charge in [-0.25, -0.2) is 9.97 Å². The van der Waals surface area contributed by atoms with Gasteiger partial charge in [-0.2, -0.15) is 0 Å². The minimum absolute atomic E-state index is 0.0931. The molecular weight excluding hydrogens is 259 g/mol. The molecule has 6 nitrogen and oxygen atoms in total. The monoisotopic (exact) mass is 278 g/mol. The van der Waals surface area contributed by atoms with Crippen molar-refractivity contribution in [2.24, 2.45) is 0 Å². The zero-order valence-corrected chi connectivity index (χ0v) is 12.2. The van der Waals surface area contributed by atoms with E-state index in [-0.39, 0.29) is 6.42 Å². The van der Waals surface area contributed by atoms with E-state index in [1.54, 1.807) is 12.4 Å². The second kappa shape index (κ2) is 5.14. The van der Waals surface area contributed by atoms with Crippen LogP contribution < -0.4 is 0 Å². The van der Waals surface area contributed by atoms with E-state index >= 15 is 0 Å². The molecule has 1 unspecified atom stereocenters. The average molecular weight is 278 g/mol. The number of carboxylic acid groups (broad SMARTS) is 1. The van der Waals surface area contributed by atoms with Crippen LogP contribution in [0.3, 0.4) is 0 Å². The topological polar surface area (TPSA) is 81.5 Å². The fraction of sp³-hybridized carbons (Fsp3) is 0.615. The minimum Gasteiger partial charge on any atom is -0.481 e. The van der Waals surface area contributed by atoms with Gasteiger partial charge in [-0.05, 0) is 33.3 Å². The highest BCUT2D eigenvalue weighted by Gasteiger charge is 2.54. The molecule has 108 valence electrons. The van der Waals surface area contributed by atoms with E-state index in [1.807, 2.05) is 27.7 Å². The molecule has 0 bridgehead atoms. The van der Waals surface area contributed by atoms with Crippen molar-refractivity contribution in [2.45, 2.75) is 51.1 Å². The molecule has 1 saturated heterocycles. The summed E-state index contributed by atoms with van der Waals surface area (Å²) in [5.41, 5.74) is -0.290. The Morgan fingerprint density at radius 3 is 2.20 bits per heavy atom. The van der Waals surface area contributed by atoms with Gasteiger partial charge < -0.3 is 14.4 Å². The van der Waals surface area contributed by atoms with Gasteiger partial charge >= 0.3 is 13.1 Å². The number of aromatic nitrogens is 2. The largest absolute Gasteiger partial charge is 0.481 e. The highest BCUT2D eigenvalue weighted by atomic mass is 16.7. The average Bonchev–Trinajstić information content (AvgIpc) is 2.56. The maximum Gasteiger partial charge on any atom is 0.466 e. The fourth-order valence-corrected chi connectivity index (χ4v) is 2.11. The SMILES string of the molecule is CC1(C)OB(C(CC(=O)O)c2cncnc2)OC1(C)C. The quantitative estimate of drug-likeness (QED) is 0.843. The van der Waals surface area contributed by atoms with Crippen LogP contribution in [0, 0.1) is 0 Å². The van der Waals surface area contributed by atoms with Crippen molar-refractivity contribution in [3.05, 3.63) is 24.3 Å². The molecule has 1 fully saturated rings. The molecule has 1 aromatic rings. The van der Waals surface area contributed by atoms with Crippen LogP contribution in [-0.4, -0.2) is 39.4 Å². The smallest absolute Gasteiger partial charge is 0.466 e. The Bertz CT molecular complexity index is 476. The van der Waals surface area contributed by atoms with Gasteiger partial charge in [-0.15, -0.1) is 0 Å². The Labute approximate surface area is 118 Å². The van der Waals surface area contributed by atoms with E-state index in [0.717, 1.165) is 0 Å². The van der Waals surface area contributed by atoms with Crippen molar-refractivity contribution in [3.63, 3.8) is 0 Å². The lowest BCUT2D eigenvalue weighted by Crippen LogP contribution is -2.41. The van der Waals surface area contributed by atoms with Gasteiger partial charge in [0.15, 0.2) is 0 Å². The van der Waals surface area contributed by atoms with Gasteiger partial charge in [0.1, 0.15) is 6.33 Å². The molecular formula is C13H19BN2O4. The summed E-state index contributed by atoms with van der Waals surface area (Å²) in [6, 6.07) is 0. The van der Waals surface area contributed by atoms with Gasteiger partial charge in [0.2, 0.25) is 0 Å². The van der Waals surface area contributed by atoms with Crippen molar-refractivity contribution in [1.29, 1.82) is 0 Å². The Morgan fingerprint density at radius 1 is 1.25 bits per heavy atom. The van der Waals surface area contributed by atoms with Gasteiger partial charge in [0, 0.05) is 18.2 Å². The number of hydrogen-bond acceptors (Lipinski definition) is 5. The summed E-state index contributed by atoms with van der Waals surface area (Å²) in [6.07, 6.45) is 4.52. The number of carbonyl (C=O) groups is 1. The Kier molecular flexibility index (Phi) is 3.84. The van der Waals surface area contributed by atoms with E-state index in [1.165, 1.54) is 6.33 Å². The number of nitrogens with zero attached hydrogens (tertiary/aromatic N) is 2. The lowest BCUT2D eigenvalue weighted by atomic mass is 9.67. The van der Waals surface area contributed by atoms with E-state index in [9.17, 15) is 4.79 Å². The second-order valence-corrected chi connectivity index (χ2v) is 6.00. The number of aliphatic carboxylic acids is 1. The summed E-state index contributed by atoms with van der Waals surface area (Å²) in [6.45, 7) is 7.75. The lowest BCUT2D eigenvalue weighted by molar-refractivity contribution is -0.137. The molecule has 0 aliphatic carbocycles. The predicted molar refractivity (Wildman–Crippen MR) is 73.1 cm³/mol. The van der Waals surface area contributed by atoms with Gasteiger partial charge in [0.25, 0.3) is 0 Å². The summed E-state index contributed by atoms with van der Waals surface area (Å²) in [4.78, 5) is 19.0. The van der Waals surface area contributed by atoms with Crippen molar-refractivity contribution in [3.8, 4) is 0 Å². The van der Waals surface area contributed by atoms with Crippen LogP contribution in [0.15, 0.2) is 18.7 Å². The van der Waals surface area contributed by atoms with Crippen molar-refractivity contribution in [2.75, 3.05) is 0 Å². The Hall–Kier alpha value is -1.47. The molecule has 0 aromatic carbocycles. The highest BCUT2D eigenvalue weighted by molar-refractivity contribution is 6.48. The fourth-order valence-electron chi connectivity index (χ4n) is 2.11. The zero-order valence-electron chi connectivity index (χ0n) is 12.2. The van der Waals surface area contributed by atoms with E-state index in [2.05, 4.69) is 9.97 Å². The third-order valence-corrected chi connectivity index (χ3v) is 4.00. The Morgan fingerprint density at radius 2 is 1.75 bits per heavy atom. The van der Waals surface area contributed by atoms with Crippen LogP contribution >= 0.6 is 0 Å².